The van der Waals surface area contributed by atoms with E-state index in [4.69, 9.17) is 11.6 Å². The lowest BCUT2D eigenvalue weighted by molar-refractivity contribution is 0.575. The molecule has 0 saturated heterocycles. The molecule has 0 radical (unpaired) electrons. The van der Waals surface area contributed by atoms with Crippen molar-refractivity contribution in [3.63, 3.8) is 0 Å². The normalized spacial score (nSPS) is 11.8. The Balaban J connectivity index is 2.78. The zero-order chi connectivity index (χ0) is 15.0. The number of halogens is 1. The molecule has 114 valence electrons. The van der Waals surface area contributed by atoms with Crippen molar-refractivity contribution in [2.75, 3.05) is 13.1 Å². The zero-order valence-corrected chi connectivity index (χ0v) is 13.6. The third-order valence-corrected chi connectivity index (χ3v) is 4.79. The number of nitrogens with one attached hydrogen (secondary N) is 2. The van der Waals surface area contributed by atoms with Crippen molar-refractivity contribution in [1.29, 1.82) is 0 Å². The van der Waals surface area contributed by atoms with Crippen molar-refractivity contribution >= 4 is 21.6 Å². The summed E-state index contributed by atoms with van der Waals surface area (Å²) < 4.78 is 26.9. The Bertz CT molecular complexity index is 518. The highest BCUT2D eigenvalue weighted by molar-refractivity contribution is 7.89. The molecular weight excluding hydrogens is 296 g/mol. The van der Waals surface area contributed by atoms with Gasteiger partial charge < -0.3 is 5.32 Å². The summed E-state index contributed by atoms with van der Waals surface area (Å²) in [4.78, 5) is 0.270. The van der Waals surface area contributed by atoms with Crippen LogP contribution < -0.4 is 10.0 Å². The van der Waals surface area contributed by atoms with Crippen LogP contribution in [0.1, 0.15) is 38.7 Å². The molecule has 1 aromatic rings. The van der Waals surface area contributed by atoms with Crippen molar-refractivity contribution in [3.05, 3.63) is 28.8 Å². The molecule has 0 saturated carbocycles. The molecule has 0 heterocycles. The Morgan fingerprint density at radius 2 is 1.95 bits per heavy atom. The van der Waals surface area contributed by atoms with Gasteiger partial charge in [0.25, 0.3) is 0 Å². The Morgan fingerprint density at radius 1 is 1.20 bits per heavy atom. The molecule has 0 aliphatic heterocycles. The maximum atomic E-state index is 12.2. The summed E-state index contributed by atoms with van der Waals surface area (Å²) in [5.74, 6) is 0. The van der Waals surface area contributed by atoms with E-state index in [0.717, 1.165) is 31.4 Å². The second-order valence-corrected chi connectivity index (χ2v) is 6.81. The van der Waals surface area contributed by atoms with Crippen molar-refractivity contribution in [1.82, 2.24) is 10.0 Å². The van der Waals surface area contributed by atoms with Crippen LogP contribution in [0.25, 0.3) is 0 Å². The predicted octanol–water partition coefficient (Wildman–Crippen LogP) is 2.92. The SMILES string of the molecule is CCCCCNS(=O)(=O)c1ccc(Cl)c(CNCC)c1. The van der Waals surface area contributed by atoms with Crippen molar-refractivity contribution in [2.45, 2.75) is 44.6 Å². The minimum atomic E-state index is -3.44. The van der Waals surface area contributed by atoms with Crippen molar-refractivity contribution < 1.29 is 8.42 Å². The van der Waals surface area contributed by atoms with E-state index in [1.54, 1.807) is 18.2 Å². The molecule has 6 heteroatoms. The van der Waals surface area contributed by atoms with Crippen LogP contribution in [0.5, 0.6) is 0 Å². The molecule has 4 nitrogen and oxygen atoms in total. The fourth-order valence-electron chi connectivity index (χ4n) is 1.78. The first-order chi connectivity index (χ1) is 9.51. The molecule has 0 aromatic heterocycles. The molecule has 1 rings (SSSR count). The number of unbranched alkanes of at least 4 members (excludes halogenated alkanes) is 2. The summed E-state index contributed by atoms with van der Waals surface area (Å²) in [6.45, 7) is 5.92. The van der Waals surface area contributed by atoms with E-state index >= 15 is 0 Å². The van der Waals surface area contributed by atoms with Crippen LogP contribution in [0.2, 0.25) is 5.02 Å². The Morgan fingerprint density at radius 3 is 2.60 bits per heavy atom. The standard InChI is InChI=1S/C14H23ClN2O2S/c1-3-5-6-9-17-20(18,19)13-7-8-14(15)12(10-13)11-16-4-2/h7-8,10,16-17H,3-6,9,11H2,1-2H3. The van der Waals surface area contributed by atoms with Crippen molar-refractivity contribution in [2.24, 2.45) is 0 Å². The summed E-state index contributed by atoms with van der Waals surface area (Å²) >= 11 is 6.07. The minimum absolute atomic E-state index is 0.270. The average molecular weight is 319 g/mol. The topological polar surface area (TPSA) is 58.2 Å². The van der Waals surface area contributed by atoms with Gasteiger partial charge in [-0.25, -0.2) is 13.1 Å². The highest BCUT2D eigenvalue weighted by Crippen LogP contribution is 2.20. The van der Waals surface area contributed by atoms with Crippen LogP contribution in [0.4, 0.5) is 0 Å². The summed E-state index contributed by atoms with van der Waals surface area (Å²) in [5.41, 5.74) is 0.796. The molecule has 0 atom stereocenters. The minimum Gasteiger partial charge on any atom is -0.313 e. The maximum Gasteiger partial charge on any atom is 0.240 e. The Hall–Kier alpha value is -0.620. The largest absolute Gasteiger partial charge is 0.313 e. The lowest BCUT2D eigenvalue weighted by Crippen LogP contribution is -2.25. The molecule has 2 N–H and O–H groups in total. The highest BCUT2D eigenvalue weighted by Gasteiger charge is 2.14. The number of sulfonamides is 1. The summed E-state index contributed by atoms with van der Waals surface area (Å²) in [6, 6.07) is 4.81. The van der Waals surface area contributed by atoms with Crippen LogP contribution in [0.3, 0.4) is 0 Å². The fraction of sp³-hybridized carbons (Fsp3) is 0.571. The molecule has 0 aliphatic rings. The average Bonchev–Trinajstić information content (AvgIpc) is 2.42. The quantitative estimate of drug-likeness (QED) is 0.688. The molecule has 0 spiro atoms. The van der Waals surface area contributed by atoms with E-state index in [0.29, 0.717) is 18.1 Å². The molecule has 0 amide bonds. The first kappa shape index (κ1) is 17.4. The van der Waals surface area contributed by atoms with Crippen LogP contribution in [0.15, 0.2) is 23.1 Å². The van der Waals surface area contributed by atoms with E-state index in [1.165, 1.54) is 0 Å². The smallest absolute Gasteiger partial charge is 0.240 e. The molecule has 0 bridgehead atoms. The van der Waals surface area contributed by atoms with Gasteiger partial charge in [-0.2, -0.15) is 0 Å². The lowest BCUT2D eigenvalue weighted by Gasteiger charge is -2.10. The number of hydrogen-bond donors (Lipinski definition) is 2. The molecule has 0 unspecified atom stereocenters. The zero-order valence-electron chi connectivity index (χ0n) is 12.1. The van der Waals surface area contributed by atoms with Crippen LogP contribution >= 0.6 is 11.6 Å². The molecule has 0 aliphatic carbocycles. The van der Waals surface area contributed by atoms with Gasteiger partial charge in [0.2, 0.25) is 10.0 Å². The molecular formula is C14H23ClN2O2S. The maximum absolute atomic E-state index is 12.2. The molecule has 20 heavy (non-hydrogen) atoms. The van der Waals surface area contributed by atoms with Gasteiger partial charge in [0.15, 0.2) is 0 Å². The van der Waals surface area contributed by atoms with Gasteiger partial charge in [0, 0.05) is 18.1 Å². The predicted molar refractivity (Wildman–Crippen MR) is 83.5 cm³/mol. The summed E-state index contributed by atoms with van der Waals surface area (Å²) in [6.07, 6.45) is 2.94. The monoisotopic (exact) mass is 318 g/mol. The van der Waals surface area contributed by atoms with Gasteiger partial charge in [-0.1, -0.05) is 38.3 Å². The first-order valence-electron chi connectivity index (χ1n) is 7.00. The fourth-order valence-corrected chi connectivity index (χ4v) is 3.09. The van der Waals surface area contributed by atoms with Gasteiger partial charge in [-0.15, -0.1) is 0 Å². The van der Waals surface area contributed by atoms with E-state index in [1.807, 2.05) is 6.92 Å². The van der Waals surface area contributed by atoms with Crippen LogP contribution in [0, 0.1) is 0 Å². The van der Waals surface area contributed by atoms with E-state index in [9.17, 15) is 8.42 Å². The van der Waals surface area contributed by atoms with Gasteiger partial charge in [-0.3, -0.25) is 0 Å². The molecule has 0 fully saturated rings. The number of rotatable bonds is 9. The Kier molecular flexibility index (Phi) is 7.51. The Labute approximate surface area is 127 Å². The van der Waals surface area contributed by atoms with Gasteiger partial charge in [0.05, 0.1) is 4.90 Å². The molecule has 1 aromatic carbocycles. The van der Waals surface area contributed by atoms with Crippen LogP contribution in [-0.4, -0.2) is 21.5 Å². The second kappa shape index (κ2) is 8.62. The number of hydrogen-bond acceptors (Lipinski definition) is 3. The van der Waals surface area contributed by atoms with Gasteiger partial charge >= 0.3 is 0 Å². The third-order valence-electron chi connectivity index (χ3n) is 2.97. The number of benzene rings is 1. The van der Waals surface area contributed by atoms with E-state index in [-0.39, 0.29) is 4.90 Å². The van der Waals surface area contributed by atoms with Gasteiger partial charge in [-0.05, 0) is 36.7 Å². The van der Waals surface area contributed by atoms with E-state index < -0.39 is 10.0 Å². The van der Waals surface area contributed by atoms with Gasteiger partial charge in [0.1, 0.15) is 0 Å². The van der Waals surface area contributed by atoms with E-state index in [2.05, 4.69) is 17.0 Å². The third kappa shape index (κ3) is 5.40. The summed E-state index contributed by atoms with van der Waals surface area (Å²) in [7, 11) is -3.44. The lowest BCUT2D eigenvalue weighted by atomic mass is 10.2. The highest BCUT2D eigenvalue weighted by atomic mass is 35.5. The summed E-state index contributed by atoms with van der Waals surface area (Å²) in [5, 5.41) is 3.72. The van der Waals surface area contributed by atoms with Crippen molar-refractivity contribution in [3.8, 4) is 0 Å². The second-order valence-electron chi connectivity index (χ2n) is 4.64. The first-order valence-corrected chi connectivity index (χ1v) is 8.86. The van der Waals surface area contributed by atoms with Crippen LogP contribution in [-0.2, 0) is 16.6 Å².